The van der Waals surface area contributed by atoms with E-state index in [1.165, 1.54) is 0 Å². The van der Waals surface area contributed by atoms with Gasteiger partial charge in [-0.2, -0.15) is 0 Å². The van der Waals surface area contributed by atoms with Crippen LogP contribution >= 0.6 is 0 Å². The molecule has 0 aliphatic carbocycles. The first-order valence-electron chi connectivity index (χ1n) is 10.4. The van der Waals surface area contributed by atoms with Gasteiger partial charge in [-0.1, -0.05) is 52.0 Å². The van der Waals surface area contributed by atoms with Crippen LogP contribution in [0.5, 0.6) is 0 Å². The van der Waals surface area contributed by atoms with Gasteiger partial charge in [0.15, 0.2) is 0 Å². The first-order chi connectivity index (χ1) is 14.0. The number of hydrogen-bond donors (Lipinski definition) is 0. The average Bonchev–Trinajstić information content (AvgIpc) is 3.44. The Bertz CT molecular complexity index is 1050. The van der Waals surface area contributed by atoms with Crippen molar-refractivity contribution in [2.24, 2.45) is 21.8 Å². The molecule has 5 nitrogen and oxygen atoms in total. The molecule has 2 unspecified atom stereocenters. The van der Waals surface area contributed by atoms with Crippen LogP contribution in [0.1, 0.15) is 38.8 Å². The van der Waals surface area contributed by atoms with Gasteiger partial charge in [0.2, 0.25) is 11.8 Å². The van der Waals surface area contributed by atoms with Crippen LogP contribution in [-0.4, -0.2) is 37.1 Å². The fourth-order valence-corrected chi connectivity index (χ4v) is 3.93. The van der Waals surface area contributed by atoms with Crippen molar-refractivity contribution in [1.82, 2.24) is 0 Å². The normalized spacial score (nSPS) is 21.7. The van der Waals surface area contributed by atoms with Gasteiger partial charge >= 0.3 is 0 Å². The molecule has 0 amide bonds. The van der Waals surface area contributed by atoms with Crippen LogP contribution in [0, 0.1) is 11.8 Å². The average molecular weight is 390 g/mol. The molecule has 5 heteroatoms. The zero-order valence-corrected chi connectivity index (χ0v) is 17.3. The van der Waals surface area contributed by atoms with Crippen LogP contribution < -0.4 is 0 Å². The van der Waals surface area contributed by atoms with E-state index in [0.717, 1.165) is 33.1 Å². The number of fused-ring (bicyclic) bond motifs is 3. The number of furan rings is 1. The fraction of sp³-hybridized carbons (Fsp3) is 0.417. The molecule has 2 aliphatic rings. The molecule has 0 fully saturated rings. The minimum Gasteiger partial charge on any atom is -0.472 e. The third-order valence-electron chi connectivity index (χ3n) is 5.83. The van der Waals surface area contributed by atoms with E-state index in [0.29, 0.717) is 36.7 Å². The summed E-state index contributed by atoms with van der Waals surface area (Å²) < 4.78 is 18.7. The summed E-state index contributed by atoms with van der Waals surface area (Å²) in [5.41, 5.74) is 3.42. The third-order valence-corrected chi connectivity index (χ3v) is 5.83. The number of nitrogens with zero attached hydrogens (tertiary/aromatic N) is 2. The molecule has 0 radical (unpaired) electrons. The van der Waals surface area contributed by atoms with E-state index in [1.807, 2.05) is 24.3 Å². The van der Waals surface area contributed by atoms with Crippen molar-refractivity contribution in [3.63, 3.8) is 0 Å². The van der Waals surface area contributed by atoms with E-state index in [2.05, 4.69) is 49.8 Å². The van der Waals surface area contributed by atoms with Gasteiger partial charge in [-0.05, 0) is 24.0 Å². The Hall–Kier alpha value is -2.82. The van der Waals surface area contributed by atoms with Crippen LogP contribution in [0.2, 0.25) is 0 Å². The summed E-state index contributed by atoms with van der Waals surface area (Å²) >= 11 is 0. The monoisotopic (exact) mass is 390 g/mol. The smallest absolute Gasteiger partial charge is 0.220 e. The van der Waals surface area contributed by atoms with Crippen molar-refractivity contribution >= 4 is 33.7 Å². The topological polar surface area (TPSA) is 56.3 Å². The third kappa shape index (κ3) is 3.00. The van der Waals surface area contributed by atoms with Crippen LogP contribution in [0.3, 0.4) is 0 Å². The molecule has 29 heavy (non-hydrogen) atoms. The van der Waals surface area contributed by atoms with Crippen LogP contribution in [0.25, 0.3) is 21.9 Å². The van der Waals surface area contributed by atoms with E-state index in [9.17, 15) is 0 Å². The highest BCUT2D eigenvalue weighted by molar-refractivity contribution is 6.17. The summed E-state index contributed by atoms with van der Waals surface area (Å²) in [4.78, 5) is 9.29. The van der Waals surface area contributed by atoms with Gasteiger partial charge in [0, 0.05) is 10.8 Å². The second-order valence-corrected chi connectivity index (χ2v) is 8.56. The fourth-order valence-electron chi connectivity index (χ4n) is 3.93. The zero-order valence-electron chi connectivity index (χ0n) is 17.3. The first-order valence-corrected chi connectivity index (χ1v) is 10.4. The standard InChI is InChI=1S/C24H26N2O3/c1-13(2)19-11-25-23(27-19)17-9-5-7-15-16-8-6-10-18(22(16)29-21(15)17)24-26-12-20(28-24)14(3)4/h5-10,13-14,19-20H,11-12H2,1-4H3. The van der Waals surface area contributed by atoms with Crippen molar-refractivity contribution in [3.05, 3.63) is 47.5 Å². The van der Waals surface area contributed by atoms with Crippen molar-refractivity contribution in [3.8, 4) is 0 Å². The van der Waals surface area contributed by atoms with Gasteiger partial charge in [-0.3, -0.25) is 0 Å². The van der Waals surface area contributed by atoms with Gasteiger partial charge in [-0.15, -0.1) is 0 Å². The maximum absolute atomic E-state index is 6.41. The molecular formula is C24H26N2O3. The van der Waals surface area contributed by atoms with E-state index in [-0.39, 0.29) is 12.2 Å². The molecule has 2 aliphatic heterocycles. The molecule has 5 rings (SSSR count). The summed E-state index contributed by atoms with van der Waals surface area (Å²) in [5, 5.41) is 2.11. The SMILES string of the molecule is CC(C)C1CN=C(c2cccc3c2oc2c(C4=NCC(C(C)C)O4)cccc23)O1. The molecule has 3 heterocycles. The second kappa shape index (κ2) is 6.90. The van der Waals surface area contributed by atoms with Crippen molar-refractivity contribution < 1.29 is 13.9 Å². The van der Waals surface area contributed by atoms with Gasteiger partial charge in [0.1, 0.15) is 23.4 Å². The van der Waals surface area contributed by atoms with Gasteiger partial charge in [-0.25, -0.2) is 9.98 Å². The summed E-state index contributed by atoms with van der Waals surface area (Å²) in [6.07, 6.45) is 0.240. The number of ether oxygens (including phenoxy) is 2. The maximum atomic E-state index is 6.41. The number of para-hydroxylation sites is 2. The number of rotatable bonds is 4. The minimum absolute atomic E-state index is 0.120. The van der Waals surface area contributed by atoms with Crippen molar-refractivity contribution in [1.29, 1.82) is 0 Å². The number of hydrogen-bond acceptors (Lipinski definition) is 5. The molecule has 3 aromatic rings. The van der Waals surface area contributed by atoms with Gasteiger partial charge < -0.3 is 13.9 Å². The predicted molar refractivity (Wildman–Crippen MR) is 116 cm³/mol. The Labute approximate surface area is 170 Å². The van der Waals surface area contributed by atoms with E-state index < -0.39 is 0 Å². The lowest BCUT2D eigenvalue weighted by atomic mass is 10.1. The Morgan fingerprint density at radius 2 is 1.17 bits per heavy atom. The first kappa shape index (κ1) is 18.2. The zero-order chi connectivity index (χ0) is 20.1. The molecule has 0 bridgehead atoms. The lowest BCUT2D eigenvalue weighted by Gasteiger charge is -2.14. The summed E-state index contributed by atoms with van der Waals surface area (Å²) in [6, 6.07) is 12.3. The molecule has 0 saturated heterocycles. The van der Waals surface area contributed by atoms with Gasteiger partial charge in [0.25, 0.3) is 0 Å². The quantitative estimate of drug-likeness (QED) is 0.616. The Morgan fingerprint density at radius 3 is 1.55 bits per heavy atom. The minimum atomic E-state index is 0.120. The predicted octanol–water partition coefficient (Wildman–Crippen LogP) is 5.19. The molecule has 1 aromatic heterocycles. The lowest BCUT2D eigenvalue weighted by molar-refractivity contribution is 0.172. The number of aliphatic imine (C=N–C) groups is 2. The van der Waals surface area contributed by atoms with Crippen LogP contribution in [-0.2, 0) is 9.47 Å². The van der Waals surface area contributed by atoms with Crippen LogP contribution in [0.15, 0.2) is 50.8 Å². The largest absolute Gasteiger partial charge is 0.472 e. The Morgan fingerprint density at radius 1 is 0.724 bits per heavy atom. The van der Waals surface area contributed by atoms with E-state index in [4.69, 9.17) is 13.9 Å². The maximum Gasteiger partial charge on any atom is 0.220 e. The highest BCUT2D eigenvalue weighted by Gasteiger charge is 2.28. The lowest BCUT2D eigenvalue weighted by Crippen LogP contribution is -2.20. The second-order valence-electron chi connectivity index (χ2n) is 8.56. The van der Waals surface area contributed by atoms with E-state index in [1.54, 1.807) is 0 Å². The van der Waals surface area contributed by atoms with Gasteiger partial charge in [0.05, 0.1) is 24.2 Å². The summed E-state index contributed by atoms with van der Waals surface area (Å²) in [5.74, 6) is 2.18. The van der Waals surface area contributed by atoms with Crippen molar-refractivity contribution in [2.45, 2.75) is 39.9 Å². The highest BCUT2D eigenvalue weighted by Crippen LogP contribution is 2.35. The molecule has 2 aromatic carbocycles. The Kier molecular flexibility index (Phi) is 4.34. The molecule has 2 atom stereocenters. The molecule has 0 N–H and O–H groups in total. The summed E-state index contributed by atoms with van der Waals surface area (Å²) in [7, 11) is 0. The Balaban J connectivity index is 1.60. The molecule has 0 spiro atoms. The van der Waals surface area contributed by atoms with E-state index >= 15 is 0 Å². The highest BCUT2D eigenvalue weighted by atomic mass is 16.5. The summed E-state index contributed by atoms with van der Waals surface area (Å²) in [6.45, 7) is 10.0. The molecule has 0 saturated carbocycles. The number of benzene rings is 2. The molecular weight excluding hydrogens is 364 g/mol. The van der Waals surface area contributed by atoms with Crippen molar-refractivity contribution in [2.75, 3.05) is 13.1 Å². The molecule has 150 valence electrons. The van der Waals surface area contributed by atoms with Crippen LogP contribution in [0.4, 0.5) is 0 Å².